The Morgan fingerprint density at radius 2 is 2.14 bits per heavy atom. The van der Waals surface area contributed by atoms with Gasteiger partial charge in [0, 0.05) is 17.8 Å². The number of methoxy groups -OCH3 is 1. The van der Waals surface area contributed by atoms with Crippen molar-refractivity contribution >= 4 is 34.1 Å². The van der Waals surface area contributed by atoms with Crippen molar-refractivity contribution in [3.63, 3.8) is 0 Å². The highest BCUT2D eigenvalue weighted by atomic mass is 35.5. The lowest BCUT2D eigenvalue weighted by Gasteiger charge is -2.09. The molecule has 0 spiro atoms. The third-order valence-electron chi connectivity index (χ3n) is 3.26. The van der Waals surface area contributed by atoms with Crippen LogP contribution in [0.25, 0.3) is 11.0 Å². The molecule has 1 aromatic carbocycles. The first kappa shape index (κ1) is 13.5. The Bertz CT molecular complexity index is 842. The number of nitrogens with one attached hydrogen (secondary N) is 1. The lowest BCUT2D eigenvalue weighted by molar-refractivity contribution is 0.103. The van der Waals surface area contributed by atoms with Crippen molar-refractivity contribution in [2.24, 2.45) is 0 Å². The molecule has 0 atom stereocenters. The molecule has 6 heteroatoms. The van der Waals surface area contributed by atoms with Gasteiger partial charge >= 0.3 is 0 Å². The van der Waals surface area contributed by atoms with E-state index in [1.165, 1.54) is 7.11 Å². The van der Waals surface area contributed by atoms with Gasteiger partial charge in [0.1, 0.15) is 5.65 Å². The summed E-state index contributed by atoms with van der Waals surface area (Å²) < 4.78 is 5.23. The monoisotopic (exact) mass is 301 g/mol. The number of nitrogens with zero attached hydrogens (tertiary/aromatic N) is 1. The highest BCUT2D eigenvalue weighted by Crippen LogP contribution is 2.31. The molecule has 21 heavy (non-hydrogen) atoms. The van der Waals surface area contributed by atoms with E-state index in [2.05, 4.69) is 9.97 Å². The summed E-state index contributed by atoms with van der Waals surface area (Å²) in [6.45, 7) is 0. The predicted octanol–water partition coefficient (Wildman–Crippen LogP) is 3.04. The Balaban J connectivity index is 2.20. The summed E-state index contributed by atoms with van der Waals surface area (Å²) in [6, 6.07) is 6.70. The summed E-state index contributed by atoms with van der Waals surface area (Å²) in [4.78, 5) is 19.9. The average Bonchev–Trinajstić information content (AvgIpc) is 2.91. The normalized spacial score (nSPS) is 10.8. The Kier molecular flexibility index (Phi) is 3.27. The minimum Gasteiger partial charge on any atom is -0.494 e. The third kappa shape index (κ3) is 2.11. The zero-order valence-corrected chi connectivity index (χ0v) is 11.9. The number of hydrogen-bond acceptors (Lipinski definition) is 4. The Morgan fingerprint density at radius 1 is 1.33 bits per heavy atom. The van der Waals surface area contributed by atoms with E-state index in [0.717, 1.165) is 0 Å². The van der Waals surface area contributed by atoms with Crippen LogP contribution in [0.1, 0.15) is 15.9 Å². The molecule has 0 unspecified atom stereocenters. The fraction of sp³-hybridized carbons (Fsp3) is 0.0667. The van der Waals surface area contributed by atoms with Crippen LogP contribution in [0.3, 0.4) is 0 Å². The number of carbonyl (C=O) groups is 1. The maximum absolute atomic E-state index is 12.8. The number of nitrogen functional groups attached to an aromatic ring is 1. The van der Waals surface area contributed by atoms with Gasteiger partial charge in [-0.15, -0.1) is 0 Å². The van der Waals surface area contributed by atoms with Crippen LogP contribution in [-0.4, -0.2) is 22.9 Å². The number of carbonyl (C=O) groups excluding carboxylic acids is 1. The van der Waals surface area contributed by atoms with E-state index in [4.69, 9.17) is 22.1 Å². The molecule has 5 nitrogen and oxygen atoms in total. The Labute approximate surface area is 125 Å². The van der Waals surface area contributed by atoms with Crippen LogP contribution in [0.15, 0.2) is 36.7 Å². The van der Waals surface area contributed by atoms with Crippen LogP contribution in [0.5, 0.6) is 5.75 Å². The number of fused-ring (bicyclic) bond motifs is 1. The van der Waals surface area contributed by atoms with Crippen molar-refractivity contribution in [1.82, 2.24) is 9.97 Å². The number of ketones is 1. The highest BCUT2D eigenvalue weighted by molar-refractivity contribution is 6.37. The maximum atomic E-state index is 12.8. The van der Waals surface area contributed by atoms with Gasteiger partial charge in [-0.2, -0.15) is 0 Å². The summed E-state index contributed by atoms with van der Waals surface area (Å²) in [6.07, 6.45) is 3.17. The largest absolute Gasteiger partial charge is 0.494 e. The van der Waals surface area contributed by atoms with E-state index in [1.807, 2.05) is 0 Å². The molecule has 3 N–H and O–H groups in total. The minimum atomic E-state index is -0.222. The third-order valence-corrected chi connectivity index (χ3v) is 3.58. The topological polar surface area (TPSA) is 81.0 Å². The number of para-hydroxylation sites is 1. The molecule has 0 aliphatic carbocycles. The fourth-order valence-corrected chi connectivity index (χ4v) is 2.55. The number of anilines is 1. The van der Waals surface area contributed by atoms with Gasteiger partial charge in [-0.3, -0.25) is 4.79 Å². The van der Waals surface area contributed by atoms with Gasteiger partial charge in [-0.25, -0.2) is 4.98 Å². The Hall–Kier alpha value is -2.53. The molecule has 0 radical (unpaired) electrons. The molecule has 106 valence electrons. The number of H-pyrrole nitrogens is 1. The number of rotatable bonds is 3. The van der Waals surface area contributed by atoms with Crippen molar-refractivity contribution in [2.45, 2.75) is 0 Å². The predicted molar refractivity (Wildman–Crippen MR) is 81.9 cm³/mol. The van der Waals surface area contributed by atoms with Gasteiger partial charge in [0.15, 0.2) is 11.5 Å². The molecule has 0 fully saturated rings. The maximum Gasteiger partial charge on any atom is 0.199 e. The number of aromatic amines is 1. The molecule has 3 aromatic rings. The molecular formula is C15H12ClN3O2. The van der Waals surface area contributed by atoms with Gasteiger partial charge in [-0.05, 0) is 18.2 Å². The lowest BCUT2D eigenvalue weighted by atomic mass is 10.0. The molecule has 0 aliphatic heterocycles. The molecule has 0 bridgehead atoms. The first-order chi connectivity index (χ1) is 10.1. The number of pyridine rings is 1. The number of aromatic nitrogens is 2. The van der Waals surface area contributed by atoms with Crippen LogP contribution >= 0.6 is 11.6 Å². The second kappa shape index (κ2) is 5.10. The minimum absolute atomic E-state index is 0.222. The molecular weight excluding hydrogens is 290 g/mol. The summed E-state index contributed by atoms with van der Waals surface area (Å²) in [7, 11) is 1.48. The number of hydrogen-bond donors (Lipinski definition) is 2. The van der Waals surface area contributed by atoms with Crippen LogP contribution < -0.4 is 10.5 Å². The first-order valence-electron chi connectivity index (χ1n) is 6.22. The molecule has 0 amide bonds. The van der Waals surface area contributed by atoms with Crippen LogP contribution in [0.2, 0.25) is 5.02 Å². The van der Waals surface area contributed by atoms with Crippen LogP contribution in [0, 0.1) is 0 Å². The summed E-state index contributed by atoms with van der Waals surface area (Å²) in [5.41, 5.74) is 7.64. The van der Waals surface area contributed by atoms with Gasteiger partial charge in [-0.1, -0.05) is 17.7 Å². The van der Waals surface area contributed by atoms with Crippen molar-refractivity contribution in [3.05, 3.63) is 52.8 Å². The zero-order chi connectivity index (χ0) is 15.0. The second-order valence-electron chi connectivity index (χ2n) is 4.48. The number of benzene rings is 1. The highest BCUT2D eigenvalue weighted by Gasteiger charge is 2.21. The number of ether oxygens (including phenoxy) is 1. The van der Waals surface area contributed by atoms with Gasteiger partial charge in [0.25, 0.3) is 0 Å². The molecule has 2 heterocycles. The van der Waals surface area contributed by atoms with Crippen LogP contribution in [0.4, 0.5) is 5.69 Å². The SMILES string of the molecule is COc1c(N)cccc1C(=O)c1c[nH]c2nccc(Cl)c12. The van der Waals surface area contributed by atoms with E-state index in [0.29, 0.717) is 38.6 Å². The average molecular weight is 302 g/mol. The standard InChI is InChI=1S/C15H12ClN3O2/c1-21-14-8(3-2-4-11(14)17)13(20)9-7-19-15-12(9)10(16)5-6-18-15/h2-7H,17H2,1H3,(H,18,19). The smallest absolute Gasteiger partial charge is 0.199 e. The van der Waals surface area contributed by atoms with E-state index in [1.54, 1.807) is 36.7 Å². The van der Waals surface area contributed by atoms with E-state index >= 15 is 0 Å². The molecule has 0 saturated carbocycles. The first-order valence-corrected chi connectivity index (χ1v) is 6.60. The molecule has 2 aromatic heterocycles. The number of halogens is 1. The lowest BCUT2D eigenvalue weighted by Crippen LogP contribution is -2.05. The van der Waals surface area contributed by atoms with E-state index in [9.17, 15) is 4.79 Å². The van der Waals surface area contributed by atoms with Crippen molar-refractivity contribution in [1.29, 1.82) is 0 Å². The molecule has 0 saturated heterocycles. The second-order valence-corrected chi connectivity index (χ2v) is 4.88. The number of nitrogens with two attached hydrogens (primary N) is 1. The van der Waals surface area contributed by atoms with Gasteiger partial charge in [0.05, 0.1) is 28.9 Å². The van der Waals surface area contributed by atoms with Crippen LogP contribution in [-0.2, 0) is 0 Å². The summed E-state index contributed by atoms with van der Waals surface area (Å²) >= 11 is 6.17. The summed E-state index contributed by atoms with van der Waals surface area (Å²) in [5, 5.41) is 1.06. The van der Waals surface area contributed by atoms with Gasteiger partial charge in [0.2, 0.25) is 0 Å². The summed E-state index contributed by atoms with van der Waals surface area (Å²) in [5.74, 6) is 0.136. The Morgan fingerprint density at radius 3 is 2.90 bits per heavy atom. The van der Waals surface area contributed by atoms with Crippen molar-refractivity contribution in [2.75, 3.05) is 12.8 Å². The zero-order valence-electron chi connectivity index (χ0n) is 11.2. The molecule has 3 rings (SSSR count). The van der Waals surface area contributed by atoms with E-state index < -0.39 is 0 Å². The van der Waals surface area contributed by atoms with Crippen molar-refractivity contribution in [3.8, 4) is 5.75 Å². The quantitative estimate of drug-likeness (QED) is 0.575. The van der Waals surface area contributed by atoms with E-state index in [-0.39, 0.29) is 5.78 Å². The molecule has 0 aliphatic rings. The van der Waals surface area contributed by atoms with Crippen molar-refractivity contribution < 1.29 is 9.53 Å². The van der Waals surface area contributed by atoms with Gasteiger partial charge < -0.3 is 15.5 Å². The fourth-order valence-electron chi connectivity index (χ4n) is 2.30.